The predicted molar refractivity (Wildman–Crippen MR) is 53.5 cm³/mol. The van der Waals surface area contributed by atoms with Crippen molar-refractivity contribution in [1.82, 2.24) is 10.2 Å². The average molecular weight is 170 g/mol. The molecule has 0 aromatic carbocycles. The van der Waals surface area contributed by atoms with Gasteiger partial charge in [-0.3, -0.25) is 0 Å². The second-order valence-electron chi connectivity index (χ2n) is 3.82. The van der Waals surface area contributed by atoms with Crippen LogP contribution in [0.3, 0.4) is 0 Å². The third-order valence-corrected chi connectivity index (χ3v) is 2.54. The van der Waals surface area contributed by atoms with Crippen LogP contribution in [-0.2, 0) is 0 Å². The van der Waals surface area contributed by atoms with Gasteiger partial charge in [-0.1, -0.05) is 6.42 Å². The first-order valence-corrected chi connectivity index (χ1v) is 5.29. The van der Waals surface area contributed by atoms with E-state index in [1.54, 1.807) is 0 Å². The molecule has 0 aromatic heterocycles. The van der Waals surface area contributed by atoms with Crippen molar-refractivity contribution in [2.24, 2.45) is 0 Å². The summed E-state index contributed by atoms with van der Waals surface area (Å²) in [5, 5.41) is 3.48. The maximum atomic E-state index is 3.48. The molecule has 1 aliphatic rings. The Hall–Kier alpha value is -0.0800. The molecule has 0 saturated carbocycles. The van der Waals surface area contributed by atoms with Crippen LogP contribution in [0.5, 0.6) is 0 Å². The van der Waals surface area contributed by atoms with E-state index in [-0.39, 0.29) is 0 Å². The highest BCUT2D eigenvalue weighted by molar-refractivity contribution is 4.57. The second-order valence-corrected chi connectivity index (χ2v) is 3.82. The summed E-state index contributed by atoms with van der Waals surface area (Å²) in [6, 6.07) is 0. The molecule has 0 atom stereocenters. The van der Waals surface area contributed by atoms with Crippen molar-refractivity contribution in [3.63, 3.8) is 0 Å². The molecule has 1 rings (SSSR count). The normalized spacial score (nSPS) is 24.8. The first-order valence-electron chi connectivity index (χ1n) is 5.29. The number of hydrogen-bond donors (Lipinski definition) is 1. The number of nitrogens with one attached hydrogen (secondary N) is 1. The molecule has 0 bridgehead atoms. The minimum atomic E-state index is 1.22. The van der Waals surface area contributed by atoms with E-state index in [2.05, 4.69) is 17.3 Å². The molecule has 1 saturated heterocycles. The average Bonchev–Trinajstić information content (AvgIpc) is 2.11. The van der Waals surface area contributed by atoms with Gasteiger partial charge in [0.25, 0.3) is 0 Å². The quantitative estimate of drug-likeness (QED) is 0.592. The molecule has 0 aromatic rings. The Morgan fingerprint density at radius 2 is 1.42 bits per heavy atom. The lowest BCUT2D eigenvalue weighted by atomic mass is 10.2. The van der Waals surface area contributed by atoms with E-state index in [1.807, 2.05) is 0 Å². The minimum absolute atomic E-state index is 1.22. The Balaban J connectivity index is 2.13. The van der Waals surface area contributed by atoms with Gasteiger partial charge in [-0.2, -0.15) is 0 Å². The van der Waals surface area contributed by atoms with Crippen LogP contribution in [-0.4, -0.2) is 38.1 Å². The van der Waals surface area contributed by atoms with E-state index in [0.29, 0.717) is 0 Å². The van der Waals surface area contributed by atoms with Crippen molar-refractivity contribution in [2.75, 3.05) is 33.2 Å². The summed E-state index contributed by atoms with van der Waals surface area (Å²) in [7, 11) is 2.24. The fourth-order valence-corrected chi connectivity index (χ4v) is 1.68. The molecule has 1 heterocycles. The third-order valence-electron chi connectivity index (χ3n) is 2.54. The molecule has 1 aliphatic heterocycles. The van der Waals surface area contributed by atoms with Gasteiger partial charge in [-0.25, -0.2) is 0 Å². The zero-order valence-corrected chi connectivity index (χ0v) is 8.31. The van der Waals surface area contributed by atoms with Gasteiger partial charge in [0.05, 0.1) is 0 Å². The summed E-state index contributed by atoms with van der Waals surface area (Å²) in [6.45, 7) is 5.01. The van der Waals surface area contributed by atoms with E-state index in [1.165, 1.54) is 58.3 Å². The van der Waals surface area contributed by atoms with Crippen molar-refractivity contribution in [1.29, 1.82) is 0 Å². The molecule has 0 spiro atoms. The topological polar surface area (TPSA) is 15.3 Å². The maximum Gasteiger partial charge on any atom is -0.00213 e. The molecule has 12 heavy (non-hydrogen) atoms. The van der Waals surface area contributed by atoms with Gasteiger partial charge >= 0.3 is 0 Å². The fourth-order valence-electron chi connectivity index (χ4n) is 1.68. The highest BCUT2D eigenvalue weighted by Crippen LogP contribution is 2.00. The van der Waals surface area contributed by atoms with Gasteiger partial charge in [-0.05, 0) is 58.9 Å². The van der Waals surface area contributed by atoms with Gasteiger partial charge in [0, 0.05) is 0 Å². The highest BCUT2D eigenvalue weighted by atomic mass is 15.1. The fraction of sp³-hybridized carbons (Fsp3) is 1.00. The first-order chi connectivity index (χ1) is 5.89. The number of rotatable bonds is 0. The van der Waals surface area contributed by atoms with Crippen molar-refractivity contribution in [2.45, 2.75) is 32.1 Å². The zero-order valence-electron chi connectivity index (χ0n) is 8.31. The third kappa shape index (κ3) is 4.73. The Bertz CT molecular complexity index is 92.0. The largest absolute Gasteiger partial charge is 0.317 e. The summed E-state index contributed by atoms with van der Waals surface area (Å²) in [6.07, 6.45) is 6.80. The van der Waals surface area contributed by atoms with Crippen LogP contribution in [0.15, 0.2) is 0 Å². The van der Waals surface area contributed by atoms with Crippen molar-refractivity contribution in [3.8, 4) is 0 Å². The van der Waals surface area contributed by atoms with Crippen molar-refractivity contribution >= 4 is 0 Å². The molecule has 0 unspecified atom stereocenters. The molecule has 2 heteroatoms. The SMILES string of the molecule is CN1CCCCCNCCCC1. The van der Waals surface area contributed by atoms with Crippen molar-refractivity contribution in [3.05, 3.63) is 0 Å². The van der Waals surface area contributed by atoms with E-state index in [4.69, 9.17) is 0 Å². The Labute approximate surface area is 76.3 Å². The maximum absolute atomic E-state index is 3.48. The molecule has 1 N–H and O–H groups in total. The Kier molecular flexibility index (Phi) is 5.37. The van der Waals surface area contributed by atoms with Gasteiger partial charge < -0.3 is 10.2 Å². The minimum Gasteiger partial charge on any atom is -0.317 e. The summed E-state index contributed by atoms with van der Waals surface area (Å²) in [4.78, 5) is 2.46. The second kappa shape index (κ2) is 6.44. The van der Waals surface area contributed by atoms with Crippen LogP contribution in [0.25, 0.3) is 0 Å². The van der Waals surface area contributed by atoms with Crippen LogP contribution in [0.1, 0.15) is 32.1 Å². The Morgan fingerprint density at radius 3 is 2.17 bits per heavy atom. The Morgan fingerprint density at radius 1 is 0.833 bits per heavy atom. The van der Waals surface area contributed by atoms with E-state index in [0.717, 1.165) is 0 Å². The highest BCUT2D eigenvalue weighted by Gasteiger charge is 1.99. The molecular formula is C10H22N2. The smallest absolute Gasteiger partial charge is 0.00213 e. The zero-order chi connectivity index (χ0) is 8.65. The molecule has 0 radical (unpaired) electrons. The van der Waals surface area contributed by atoms with E-state index < -0.39 is 0 Å². The lowest BCUT2D eigenvalue weighted by molar-refractivity contribution is 0.320. The van der Waals surface area contributed by atoms with Crippen LogP contribution < -0.4 is 5.32 Å². The van der Waals surface area contributed by atoms with Crippen molar-refractivity contribution < 1.29 is 0 Å². The van der Waals surface area contributed by atoms with E-state index in [9.17, 15) is 0 Å². The molecule has 0 aliphatic carbocycles. The molecule has 1 fully saturated rings. The summed E-state index contributed by atoms with van der Waals surface area (Å²) in [5.74, 6) is 0. The number of hydrogen-bond acceptors (Lipinski definition) is 2. The standard InChI is InChI=1S/C10H22N2/c1-12-9-5-2-3-7-11-8-4-6-10-12/h11H,2-10H2,1H3. The van der Waals surface area contributed by atoms with Crippen LogP contribution >= 0.6 is 0 Å². The molecule has 2 nitrogen and oxygen atoms in total. The van der Waals surface area contributed by atoms with Gasteiger partial charge in [-0.15, -0.1) is 0 Å². The first kappa shape index (κ1) is 10.0. The predicted octanol–water partition coefficient (Wildman–Crippen LogP) is 1.47. The lowest BCUT2D eigenvalue weighted by Crippen LogP contribution is -2.21. The molecule has 0 amide bonds. The van der Waals surface area contributed by atoms with Crippen LogP contribution in [0, 0.1) is 0 Å². The van der Waals surface area contributed by atoms with Gasteiger partial charge in [0.1, 0.15) is 0 Å². The van der Waals surface area contributed by atoms with Gasteiger partial charge in [0.15, 0.2) is 0 Å². The van der Waals surface area contributed by atoms with Crippen LogP contribution in [0.4, 0.5) is 0 Å². The summed E-state index contributed by atoms with van der Waals surface area (Å²) in [5.41, 5.74) is 0. The summed E-state index contributed by atoms with van der Waals surface area (Å²) >= 11 is 0. The molecular weight excluding hydrogens is 148 g/mol. The van der Waals surface area contributed by atoms with Crippen LogP contribution in [0.2, 0.25) is 0 Å². The lowest BCUT2D eigenvalue weighted by Gasteiger charge is -2.15. The molecule has 72 valence electrons. The number of nitrogens with zero attached hydrogens (tertiary/aromatic N) is 1. The monoisotopic (exact) mass is 170 g/mol. The van der Waals surface area contributed by atoms with E-state index >= 15 is 0 Å². The van der Waals surface area contributed by atoms with Gasteiger partial charge in [0.2, 0.25) is 0 Å². The summed E-state index contributed by atoms with van der Waals surface area (Å²) < 4.78 is 0.